The van der Waals surface area contributed by atoms with Crippen molar-refractivity contribution in [3.63, 3.8) is 0 Å². The Kier molecular flexibility index (Phi) is 3.85. The van der Waals surface area contributed by atoms with Gasteiger partial charge in [0.25, 0.3) is 0 Å². The van der Waals surface area contributed by atoms with Gasteiger partial charge in [0.15, 0.2) is 0 Å². The second kappa shape index (κ2) is 5.17. The van der Waals surface area contributed by atoms with Crippen LogP contribution in [0.3, 0.4) is 0 Å². The molecule has 1 aromatic rings. The number of benzene rings is 1. The van der Waals surface area contributed by atoms with Gasteiger partial charge in [-0.2, -0.15) is 0 Å². The van der Waals surface area contributed by atoms with Crippen LogP contribution in [0.25, 0.3) is 0 Å². The summed E-state index contributed by atoms with van der Waals surface area (Å²) in [5, 5.41) is 2.68. The van der Waals surface area contributed by atoms with Crippen molar-refractivity contribution < 1.29 is 9.59 Å². The molecule has 0 radical (unpaired) electrons. The van der Waals surface area contributed by atoms with Crippen LogP contribution in [0, 0.1) is 0 Å². The topological polar surface area (TPSA) is 46.2 Å². The third kappa shape index (κ3) is 3.39. The monoisotopic (exact) mass is 191 g/mol. The number of aldehydes is 1. The van der Waals surface area contributed by atoms with Crippen LogP contribution >= 0.6 is 0 Å². The van der Waals surface area contributed by atoms with Crippen molar-refractivity contribution in [2.75, 3.05) is 5.32 Å². The summed E-state index contributed by atoms with van der Waals surface area (Å²) < 4.78 is 0. The van der Waals surface area contributed by atoms with Crippen LogP contribution in [0.4, 0.5) is 5.69 Å². The Morgan fingerprint density at radius 2 is 2.00 bits per heavy atom. The average molecular weight is 191 g/mol. The maximum atomic E-state index is 10.7. The fraction of sp³-hybridized carbons (Fsp3) is 0.273. The first-order valence-electron chi connectivity index (χ1n) is 4.52. The summed E-state index contributed by atoms with van der Waals surface area (Å²) in [6, 6.07) is 7.49. The van der Waals surface area contributed by atoms with Gasteiger partial charge >= 0.3 is 0 Å². The van der Waals surface area contributed by atoms with E-state index in [4.69, 9.17) is 0 Å². The molecule has 14 heavy (non-hydrogen) atoms. The third-order valence-electron chi connectivity index (χ3n) is 1.83. The zero-order chi connectivity index (χ0) is 10.4. The molecule has 0 atom stereocenters. The molecule has 0 bridgehead atoms. The van der Waals surface area contributed by atoms with Crippen LogP contribution in [-0.2, 0) is 16.0 Å². The van der Waals surface area contributed by atoms with Crippen molar-refractivity contribution >= 4 is 17.9 Å². The molecule has 1 N–H and O–H groups in total. The molecule has 0 aliphatic carbocycles. The lowest BCUT2D eigenvalue weighted by atomic mass is 10.1. The molecule has 1 amide bonds. The van der Waals surface area contributed by atoms with Crippen LogP contribution in [0.2, 0.25) is 0 Å². The van der Waals surface area contributed by atoms with E-state index in [0.717, 1.165) is 24.0 Å². The predicted octanol–water partition coefficient (Wildman–Crippen LogP) is 1.78. The van der Waals surface area contributed by atoms with Gasteiger partial charge in [-0.05, 0) is 24.1 Å². The maximum Gasteiger partial charge on any atom is 0.221 e. The highest BCUT2D eigenvalue weighted by Gasteiger charge is 1.95. The minimum atomic E-state index is -0.0781. The van der Waals surface area contributed by atoms with Crippen LogP contribution in [0.1, 0.15) is 18.9 Å². The molecule has 0 heterocycles. The largest absolute Gasteiger partial charge is 0.326 e. The Morgan fingerprint density at radius 1 is 1.36 bits per heavy atom. The number of rotatable bonds is 4. The average Bonchev–Trinajstić information content (AvgIpc) is 2.16. The molecule has 3 nitrogen and oxygen atoms in total. The first kappa shape index (κ1) is 10.4. The van der Waals surface area contributed by atoms with E-state index in [1.54, 1.807) is 0 Å². The van der Waals surface area contributed by atoms with Crippen molar-refractivity contribution in [3.05, 3.63) is 29.8 Å². The van der Waals surface area contributed by atoms with Crippen LogP contribution in [-0.4, -0.2) is 12.2 Å². The van der Waals surface area contributed by atoms with Gasteiger partial charge in [0, 0.05) is 19.0 Å². The number of aryl methyl sites for hydroxylation is 1. The lowest BCUT2D eigenvalue weighted by molar-refractivity contribution is -0.114. The summed E-state index contributed by atoms with van der Waals surface area (Å²) in [5.74, 6) is -0.0781. The Labute approximate surface area is 83.1 Å². The number of carbonyl (C=O) groups is 2. The standard InChI is InChI=1S/C11H13NO2/c1-9(14)12-11-6-4-10(5-7-11)3-2-8-13/h4-8H,2-3H2,1H3,(H,12,14). The summed E-state index contributed by atoms with van der Waals surface area (Å²) >= 11 is 0. The van der Waals surface area contributed by atoms with Gasteiger partial charge < -0.3 is 10.1 Å². The summed E-state index contributed by atoms with van der Waals surface area (Å²) in [6.07, 6.45) is 2.20. The highest BCUT2D eigenvalue weighted by atomic mass is 16.1. The fourth-order valence-corrected chi connectivity index (χ4v) is 1.18. The Morgan fingerprint density at radius 3 is 2.50 bits per heavy atom. The van der Waals surface area contributed by atoms with E-state index in [1.165, 1.54) is 6.92 Å². The van der Waals surface area contributed by atoms with Gasteiger partial charge in [-0.25, -0.2) is 0 Å². The van der Waals surface area contributed by atoms with E-state index in [2.05, 4.69) is 5.32 Å². The molecule has 0 unspecified atom stereocenters. The smallest absolute Gasteiger partial charge is 0.221 e. The number of carbonyl (C=O) groups excluding carboxylic acids is 2. The second-order valence-corrected chi connectivity index (χ2v) is 3.08. The summed E-state index contributed by atoms with van der Waals surface area (Å²) in [6.45, 7) is 1.47. The van der Waals surface area contributed by atoms with E-state index in [9.17, 15) is 9.59 Å². The lowest BCUT2D eigenvalue weighted by Gasteiger charge is -2.02. The van der Waals surface area contributed by atoms with E-state index < -0.39 is 0 Å². The Bertz CT molecular complexity index is 317. The van der Waals surface area contributed by atoms with E-state index in [0.29, 0.717) is 6.42 Å². The van der Waals surface area contributed by atoms with Gasteiger partial charge in [0.1, 0.15) is 6.29 Å². The molecule has 1 rings (SSSR count). The second-order valence-electron chi connectivity index (χ2n) is 3.08. The van der Waals surface area contributed by atoms with Crippen LogP contribution < -0.4 is 5.32 Å². The number of nitrogens with one attached hydrogen (secondary N) is 1. The zero-order valence-corrected chi connectivity index (χ0v) is 8.12. The number of hydrogen-bond donors (Lipinski definition) is 1. The van der Waals surface area contributed by atoms with Crippen molar-refractivity contribution in [1.82, 2.24) is 0 Å². The molecule has 3 heteroatoms. The van der Waals surface area contributed by atoms with Gasteiger partial charge in [0.2, 0.25) is 5.91 Å². The third-order valence-corrected chi connectivity index (χ3v) is 1.83. The number of hydrogen-bond acceptors (Lipinski definition) is 2. The van der Waals surface area contributed by atoms with Gasteiger partial charge in [0.05, 0.1) is 0 Å². The molecule has 0 aromatic heterocycles. The summed E-state index contributed by atoms with van der Waals surface area (Å²) in [4.78, 5) is 20.8. The molecule has 0 saturated carbocycles. The molecular formula is C11H13NO2. The highest BCUT2D eigenvalue weighted by molar-refractivity contribution is 5.88. The summed E-state index contributed by atoms with van der Waals surface area (Å²) in [5.41, 5.74) is 1.89. The molecular weight excluding hydrogens is 178 g/mol. The zero-order valence-electron chi connectivity index (χ0n) is 8.12. The first-order chi connectivity index (χ1) is 6.72. The highest BCUT2D eigenvalue weighted by Crippen LogP contribution is 2.10. The van der Waals surface area contributed by atoms with Crippen LogP contribution in [0.15, 0.2) is 24.3 Å². The van der Waals surface area contributed by atoms with E-state index in [1.807, 2.05) is 24.3 Å². The van der Waals surface area contributed by atoms with Crippen molar-refractivity contribution in [2.24, 2.45) is 0 Å². The van der Waals surface area contributed by atoms with E-state index >= 15 is 0 Å². The number of anilines is 1. The fourth-order valence-electron chi connectivity index (χ4n) is 1.18. The molecule has 0 spiro atoms. The van der Waals surface area contributed by atoms with Gasteiger partial charge in [-0.1, -0.05) is 12.1 Å². The maximum absolute atomic E-state index is 10.7. The first-order valence-corrected chi connectivity index (χ1v) is 4.52. The minimum Gasteiger partial charge on any atom is -0.326 e. The van der Waals surface area contributed by atoms with Crippen molar-refractivity contribution in [1.29, 1.82) is 0 Å². The molecule has 0 fully saturated rings. The van der Waals surface area contributed by atoms with Gasteiger partial charge in [-0.15, -0.1) is 0 Å². The molecule has 1 aromatic carbocycles. The molecule has 0 aliphatic rings. The predicted molar refractivity (Wildman–Crippen MR) is 55.1 cm³/mol. The molecule has 0 aliphatic heterocycles. The van der Waals surface area contributed by atoms with Gasteiger partial charge in [-0.3, -0.25) is 4.79 Å². The number of amides is 1. The SMILES string of the molecule is CC(=O)Nc1ccc(CCC=O)cc1. The Hall–Kier alpha value is -1.64. The van der Waals surface area contributed by atoms with Crippen molar-refractivity contribution in [3.8, 4) is 0 Å². The van der Waals surface area contributed by atoms with Crippen LogP contribution in [0.5, 0.6) is 0 Å². The minimum absolute atomic E-state index is 0.0781. The van der Waals surface area contributed by atoms with E-state index in [-0.39, 0.29) is 5.91 Å². The lowest BCUT2D eigenvalue weighted by Crippen LogP contribution is -2.05. The Balaban J connectivity index is 2.58. The molecule has 74 valence electrons. The normalized spacial score (nSPS) is 9.50. The summed E-state index contributed by atoms with van der Waals surface area (Å²) in [7, 11) is 0. The molecule has 0 saturated heterocycles. The quantitative estimate of drug-likeness (QED) is 0.737. The van der Waals surface area contributed by atoms with Crippen molar-refractivity contribution in [2.45, 2.75) is 19.8 Å².